The summed E-state index contributed by atoms with van der Waals surface area (Å²) in [5.74, 6) is -0.160. The highest BCUT2D eigenvalue weighted by Crippen LogP contribution is 2.34. The van der Waals surface area contributed by atoms with Gasteiger partial charge in [0.15, 0.2) is 17.3 Å². The number of halogens is 2. The molecule has 0 saturated carbocycles. The smallest absolute Gasteiger partial charge is 0.262 e. The van der Waals surface area contributed by atoms with Crippen LogP contribution in [0.15, 0.2) is 35.2 Å². The summed E-state index contributed by atoms with van der Waals surface area (Å²) in [5.41, 5.74) is -0.405. The van der Waals surface area contributed by atoms with E-state index in [1.54, 1.807) is 0 Å². The van der Waals surface area contributed by atoms with Crippen molar-refractivity contribution in [1.29, 1.82) is 0 Å². The minimum Gasteiger partial charge on any atom is -0.490 e. The minimum absolute atomic E-state index is 0.0200. The molecule has 3 aromatic rings. The van der Waals surface area contributed by atoms with Crippen LogP contribution in [0.5, 0.6) is 11.5 Å². The lowest BCUT2D eigenvalue weighted by Crippen LogP contribution is -2.15. The van der Waals surface area contributed by atoms with Gasteiger partial charge in [0, 0.05) is 31.5 Å². The molecule has 0 amide bonds. The van der Waals surface area contributed by atoms with E-state index >= 15 is 0 Å². The second-order valence-electron chi connectivity index (χ2n) is 7.98. The number of aromatic nitrogens is 3. The van der Waals surface area contributed by atoms with Crippen LogP contribution in [-0.4, -0.2) is 36.4 Å². The summed E-state index contributed by atoms with van der Waals surface area (Å²) in [6.07, 6.45) is 4.27. The van der Waals surface area contributed by atoms with Crippen LogP contribution in [0.4, 0.5) is 14.5 Å². The van der Waals surface area contributed by atoms with Gasteiger partial charge in [0.05, 0.1) is 29.4 Å². The first-order chi connectivity index (χ1) is 15.9. The van der Waals surface area contributed by atoms with Crippen molar-refractivity contribution in [3.8, 4) is 22.9 Å². The van der Waals surface area contributed by atoms with Crippen molar-refractivity contribution in [2.75, 3.05) is 17.9 Å². The molecule has 0 bridgehead atoms. The van der Waals surface area contributed by atoms with Crippen LogP contribution in [0.3, 0.4) is 0 Å². The third-order valence-corrected chi connectivity index (χ3v) is 7.04. The van der Waals surface area contributed by atoms with Gasteiger partial charge in [-0.25, -0.2) is 17.2 Å². The molecule has 1 N–H and O–H groups in total. The zero-order valence-corrected chi connectivity index (χ0v) is 18.5. The van der Waals surface area contributed by atoms with E-state index in [1.807, 2.05) is 4.57 Å². The van der Waals surface area contributed by atoms with Gasteiger partial charge >= 0.3 is 0 Å². The maximum absolute atomic E-state index is 14.7. The zero-order valence-electron chi connectivity index (χ0n) is 17.7. The molecule has 0 spiro atoms. The molecule has 3 heterocycles. The number of hydrogen-bond acceptors (Lipinski definition) is 6. The summed E-state index contributed by atoms with van der Waals surface area (Å²) < 4.78 is 70.4. The largest absolute Gasteiger partial charge is 0.490 e. The fourth-order valence-corrected chi connectivity index (χ4v) is 5.07. The van der Waals surface area contributed by atoms with Crippen molar-refractivity contribution in [3.63, 3.8) is 0 Å². The van der Waals surface area contributed by atoms with Crippen LogP contribution < -0.4 is 14.2 Å². The highest BCUT2D eigenvalue weighted by molar-refractivity contribution is 7.92. The predicted octanol–water partition coefficient (Wildman–Crippen LogP) is 3.91. The van der Waals surface area contributed by atoms with Gasteiger partial charge < -0.3 is 14.0 Å². The molecule has 0 fully saturated rings. The molecule has 0 unspecified atom stereocenters. The number of benzene rings is 2. The Kier molecular flexibility index (Phi) is 5.65. The van der Waals surface area contributed by atoms with Crippen LogP contribution in [0, 0.1) is 11.6 Å². The monoisotopic (exact) mass is 476 g/mol. The van der Waals surface area contributed by atoms with Crippen LogP contribution in [-0.2, 0) is 23.0 Å². The highest BCUT2D eigenvalue weighted by atomic mass is 32.2. The normalized spacial score (nSPS) is 15.9. The second-order valence-corrected chi connectivity index (χ2v) is 9.66. The summed E-state index contributed by atoms with van der Waals surface area (Å²) in [5, 5.41) is 8.24. The minimum atomic E-state index is -4.19. The van der Waals surface area contributed by atoms with E-state index in [2.05, 4.69) is 14.9 Å². The number of ether oxygens (including phenoxy) is 2. The average Bonchev–Trinajstić information content (AvgIpc) is 2.96. The molecule has 0 aliphatic carbocycles. The summed E-state index contributed by atoms with van der Waals surface area (Å²) in [7, 11) is -4.19. The van der Waals surface area contributed by atoms with Crippen molar-refractivity contribution < 1.29 is 26.7 Å². The molecular formula is C22H22F2N4O4S. The fraction of sp³-hybridized carbons (Fsp3) is 0.364. The van der Waals surface area contributed by atoms with Gasteiger partial charge in [-0.1, -0.05) is 6.42 Å². The molecule has 33 heavy (non-hydrogen) atoms. The highest BCUT2D eigenvalue weighted by Gasteiger charge is 2.24. The number of anilines is 1. The van der Waals surface area contributed by atoms with Crippen molar-refractivity contribution in [1.82, 2.24) is 14.8 Å². The van der Waals surface area contributed by atoms with Gasteiger partial charge in [-0.15, -0.1) is 10.2 Å². The number of sulfonamides is 1. The lowest BCUT2D eigenvalue weighted by molar-refractivity contribution is 0.297. The molecule has 8 nitrogen and oxygen atoms in total. The third kappa shape index (κ3) is 4.24. The van der Waals surface area contributed by atoms with E-state index in [9.17, 15) is 17.2 Å². The zero-order chi connectivity index (χ0) is 23.0. The SMILES string of the molecule is O=S(=O)(Nc1cc(-c2nnc3n2CCCCC3)c(F)cc1F)c1ccc2c(c1)OCCCO2. The van der Waals surface area contributed by atoms with Gasteiger partial charge in [-0.05, 0) is 31.0 Å². The molecule has 11 heteroatoms. The molecule has 174 valence electrons. The Morgan fingerprint density at radius 1 is 0.909 bits per heavy atom. The average molecular weight is 477 g/mol. The molecular weight excluding hydrogens is 454 g/mol. The van der Waals surface area contributed by atoms with Crippen molar-refractivity contribution in [3.05, 3.63) is 47.8 Å². The molecule has 0 saturated heterocycles. The Labute approximate surface area is 189 Å². The number of nitrogens with zero attached hydrogens (tertiary/aromatic N) is 3. The fourth-order valence-electron chi connectivity index (χ4n) is 4.00. The van der Waals surface area contributed by atoms with E-state index in [4.69, 9.17) is 9.47 Å². The van der Waals surface area contributed by atoms with Crippen molar-refractivity contribution in [2.24, 2.45) is 0 Å². The lowest BCUT2D eigenvalue weighted by Gasteiger charge is -2.14. The van der Waals surface area contributed by atoms with Gasteiger partial charge in [0.1, 0.15) is 17.5 Å². The van der Waals surface area contributed by atoms with Crippen molar-refractivity contribution in [2.45, 2.75) is 43.5 Å². The van der Waals surface area contributed by atoms with Crippen LogP contribution in [0.25, 0.3) is 11.4 Å². The van der Waals surface area contributed by atoms with E-state index in [0.717, 1.165) is 37.6 Å². The number of hydrogen-bond donors (Lipinski definition) is 1. The standard InChI is InChI=1S/C22H22F2N4O4S/c23-16-13-17(24)18(12-15(16)22-26-25-21-5-2-1-3-8-28(21)22)27-33(29,30)14-6-7-19-20(11-14)32-10-4-9-31-19/h6-7,11-13,27H,1-5,8-10H2. The number of rotatable bonds is 4. The van der Waals surface area contributed by atoms with Gasteiger partial charge in [-0.2, -0.15) is 0 Å². The molecule has 2 aliphatic heterocycles. The van der Waals surface area contributed by atoms with E-state index in [0.29, 0.717) is 43.7 Å². The molecule has 0 radical (unpaired) electrons. The second kappa shape index (κ2) is 8.62. The quantitative estimate of drug-likeness (QED) is 0.614. The van der Waals surface area contributed by atoms with E-state index < -0.39 is 21.7 Å². The number of nitrogens with one attached hydrogen (secondary N) is 1. The Bertz CT molecular complexity index is 1310. The molecule has 2 aromatic carbocycles. The van der Waals surface area contributed by atoms with Crippen LogP contribution in [0.1, 0.15) is 31.5 Å². The first-order valence-electron chi connectivity index (χ1n) is 10.8. The van der Waals surface area contributed by atoms with Crippen molar-refractivity contribution >= 4 is 15.7 Å². The maximum atomic E-state index is 14.7. The Hall–Kier alpha value is -3.21. The summed E-state index contributed by atoms with van der Waals surface area (Å²) in [4.78, 5) is -0.131. The Morgan fingerprint density at radius 3 is 2.58 bits per heavy atom. The Morgan fingerprint density at radius 2 is 1.73 bits per heavy atom. The van der Waals surface area contributed by atoms with Crippen LogP contribution in [0.2, 0.25) is 0 Å². The molecule has 0 atom stereocenters. The summed E-state index contributed by atoms with van der Waals surface area (Å²) in [6.45, 7) is 1.47. The van der Waals surface area contributed by atoms with Crippen LogP contribution >= 0.6 is 0 Å². The van der Waals surface area contributed by atoms with E-state index in [1.165, 1.54) is 18.2 Å². The topological polar surface area (TPSA) is 95.3 Å². The summed E-state index contributed by atoms with van der Waals surface area (Å²) >= 11 is 0. The lowest BCUT2D eigenvalue weighted by atomic mass is 10.1. The first kappa shape index (κ1) is 21.6. The van der Waals surface area contributed by atoms with E-state index in [-0.39, 0.29) is 22.0 Å². The number of aryl methyl sites for hydroxylation is 1. The molecule has 2 aliphatic rings. The number of fused-ring (bicyclic) bond motifs is 2. The van der Waals surface area contributed by atoms with Gasteiger partial charge in [0.25, 0.3) is 10.0 Å². The maximum Gasteiger partial charge on any atom is 0.262 e. The third-order valence-electron chi connectivity index (χ3n) is 5.68. The van der Waals surface area contributed by atoms with Gasteiger partial charge in [0.2, 0.25) is 0 Å². The molecule has 1 aromatic heterocycles. The predicted molar refractivity (Wildman–Crippen MR) is 116 cm³/mol. The summed E-state index contributed by atoms with van der Waals surface area (Å²) in [6, 6.07) is 5.93. The Balaban J connectivity index is 1.49. The molecule has 5 rings (SSSR count). The first-order valence-corrected chi connectivity index (χ1v) is 12.2. The van der Waals surface area contributed by atoms with Gasteiger partial charge in [-0.3, -0.25) is 4.72 Å².